The number of likely N-dealkylation sites (tertiary alicyclic amines) is 2. The number of Topliss-reactive ketones (excluding diaryl/α,β-unsaturated/α-hetero) is 2. The maximum Gasteiger partial charge on any atom is 0.415 e. The molecule has 5 aliphatic heterocycles. The Bertz CT molecular complexity index is 3050. The van der Waals surface area contributed by atoms with Crippen LogP contribution in [0.1, 0.15) is 101 Å². The maximum absolute atomic E-state index is 13.8. The highest BCUT2D eigenvalue weighted by Gasteiger charge is 2.60. The Labute approximate surface area is 482 Å². The van der Waals surface area contributed by atoms with E-state index in [1.54, 1.807) is 17.6 Å². The van der Waals surface area contributed by atoms with Crippen molar-refractivity contribution in [2.24, 2.45) is 16.5 Å². The third kappa shape index (κ3) is 13.3. The number of carbonyl (C=O) groups is 3. The van der Waals surface area contributed by atoms with Crippen molar-refractivity contribution >= 4 is 63.3 Å². The van der Waals surface area contributed by atoms with Crippen molar-refractivity contribution in [2.45, 2.75) is 141 Å². The minimum absolute atomic E-state index is 0. The number of piperidine rings is 2. The largest absolute Gasteiger partial charge is 0.415 e. The molecule has 3 fully saturated rings. The zero-order valence-corrected chi connectivity index (χ0v) is 47.1. The second-order valence-corrected chi connectivity index (χ2v) is 21.8. The number of hydrogen-bond donors (Lipinski definition) is 5. The first kappa shape index (κ1) is 62.8. The Kier molecular flexibility index (Phi) is 20.9. The fraction of sp³-hybridized carbons (Fsp3) is 0.525. The van der Waals surface area contributed by atoms with Gasteiger partial charge < -0.3 is 60.4 Å². The number of aliphatic hydroxyl groups is 3. The van der Waals surface area contributed by atoms with Crippen molar-refractivity contribution in [3.05, 3.63) is 111 Å². The van der Waals surface area contributed by atoms with Gasteiger partial charge in [0.25, 0.3) is 5.56 Å². The molecule has 81 heavy (non-hydrogen) atoms. The summed E-state index contributed by atoms with van der Waals surface area (Å²) < 4.78 is 40.2. The highest BCUT2D eigenvalue weighted by atomic mass is 35.5. The number of hydrogen-bond acceptors (Lipinski definition) is 16. The van der Waals surface area contributed by atoms with Crippen LogP contribution in [0.4, 0.5) is 19.3 Å². The lowest BCUT2D eigenvalue weighted by Gasteiger charge is -2.39. The zero-order chi connectivity index (χ0) is 57.6. The summed E-state index contributed by atoms with van der Waals surface area (Å²) in [6.07, 6.45) is 4.88. The number of fused-ring (bicyclic) bond motifs is 5. The Morgan fingerprint density at radius 1 is 0.988 bits per heavy atom. The van der Waals surface area contributed by atoms with Crippen molar-refractivity contribution in [3.63, 3.8) is 0 Å². The van der Waals surface area contributed by atoms with Crippen molar-refractivity contribution in [1.82, 2.24) is 24.3 Å². The van der Waals surface area contributed by atoms with Gasteiger partial charge in [-0.15, -0.1) is 23.2 Å². The molecule has 1 amide bonds. The monoisotopic (exact) mass is 1160 g/mol. The van der Waals surface area contributed by atoms with Gasteiger partial charge in [0.05, 0.1) is 36.1 Å². The van der Waals surface area contributed by atoms with E-state index in [1.807, 2.05) is 47.4 Å². The van der Waals surface area contributed by atoms with E-state index in [-0.39, 0.29) is 55.1 Å². The van der Waals surface area contributed by atoms with Crippen LogP contribution in [0.5, 0.6) is 5.75 Å². The van der Waals surface area contributed by atoms with E-state index in [4.69, 9.17) is 54.2 Å². The van der Waals surface area contributed by atoms with E-state index in [0.717, 1.165) is 64.1 Å². The van der Waals surface area contributed by atoms with Crippen LogP contribution >= 0.6 is 23.2 Å². The van der Waals surface area contributed by atoms with Gasteiger partial charge in [0.2, 0.25) is 6.23 Å². The fourth-order valence-electron chi connectivity index (χ4n) is 11.5. The summed E-state index contributed by atoms with van der Waals surface area (Å²) in [5.41, 5.74) is 16.6. The molecule has 7 N–H and O–H groups in total. The van der Waals surface area contributed by atoms with Gasteiger partial charge in [-0.25, -0.2) is 14.8 Å². The number of anilines is 1. The molecule has 22 heteroatoms. The van der Waals surface area contributed by atoms with E-state index in [0.29, 0.717) is 85.0 Å². The van der Waals surface area contributed by atoms with Gasteiger partial charge in [-0.1, -0.05) is 46.4 Å². The second kappa shape index (κ2) is 27.0. The number of amides is 1. The third-order valence-corrected chi connectivity index (χ3v) is 16.4. The standard InChI is InChI=1S/C34H40N4O5.C14H20Cl2N2O.C10H13F2N3O3.CH4/c1-3-23-25-18-22(43-33(41)37-16-12-21(13-17-37)36-14-6-5-7-15-36)8-10-28(25)35-31-26(23)20-38-29(31)19-27-24(32(38)40)9-11-30(39)34(27,42)4-2;1-11(19)14(17)10-12-2-4-13(5-3-12)18(8-6-15)9-7-16;1-5-14-7(13)2-3-15(5)9-10(11,12)8(17)6(4-16)18-9;/h8,10,18-19,21,42H,3-7,9,11-17,20H2,1-2H3;2-5,14H,6-10,17H2,1H3;2-3,6,8-9,16-17H,1,4H2,(H2,13,14);1H4/t34-;14-;6-,8?,9-;/m101./s1. The van der Waals surface area contributed by atoms with Crippen LogP contribution < -0.4 is 26.7 Å². The lowest BCUT2D eigenvalue weighted by Crippen LogP contribution is -2.48. The Hall–Kier alpha value is -5.84. The number of carbonyl (C=O) groups excluding carboxylic acids is 3. The number of ether oxygens (including phenoxy) is 2. The molecule has 0 saturated carbocycles. The van der Waals surface area contributed by atoms with Gasteiger partial charge >= 0.3 is 12.0 Å². The van der Waals surface area contributed by atoms with Crippen LogP contribution in [0, 0.1) is 0 Å². The maximum atomic E-state index is 13.8. The lowest BCUT2D eigenvalue weighted by molar-refractivity contribution is -0.148. The van der Waals surface area contributed by atoms with Gasteiger partial charge in [-0.05, 0) is 125 Å². The van der Waals surface area contributed by atoms with Crippen molar-refractivity contribution in [3.8, 4) is 17.1 Å². The average Bonchev–Trinajstić information content (AvgIpc) is 4.14. The molecule has 1 aliphatic carbocycles. The minimum atomic E-state index is -3.55. The molecular formula is C59H77Cl2F2N9O9. The number of aryl methyl sites for hydroxylation is 1. The number of ketones is 2. The summed E-state index contributed by atoms with van der Waals surface area (Å²) in [5, 5.41) is 30.4. The molecule has 0 radical (unpaired) electrons. The second-order valence-electron chi connectivity index (χ2n) is 21.0. The molecule has 2 aromatic carbocycles. The normalized spacial score (nSPS) is 22.5. The third-order valence-electron chi connectivity index (χ3n) is 16.1. The Morgan fingerprint density at radius 3 is 2.26 bits per heavy atom. The number of nitrogens with zero attached hydrogens (tertiary/aromatic N) is 7. The molecule has 2 aromatic heterocycles. The summed E-state index contributed by atoms with van der Waals surface area (Å²) in [6.45, 7) is 13.8. The molecule has 0 spiro atoms. The molecule has 18 nitrogen and oxygen atoms in total. The van der Waals surface area contributed by atoms with Gasteiger partial charge in [0, 0.05) is 84.4 Å². The van der Waals surface area contributed by atoms with Crippen LogP contribution in [0.3, 0.4) is 0 Å². The van der Waals surface area contributed by atoms with Crippen LogP contribution in [0.25, 0.3) is 22.3 Å². The topological polar surface area (TPSA) is 243 Å². The number of aliphatic hydroxyl groups excluding tert-OH is 2. The van der Waals surface area contributed by atoms with E-state index in [9.17, 15) is 38.2 Å². The minimum Gasteiger partial charge on any atom is -0.410 e. The Balaban J connectivity index is 0.000000206. The summed E-state index contributed by atoms with van der Waals surface area (Å²) in [6, 6.07) is 15.5. The van der Waals surface area contributed by atoms with Gasteiger partial charge in [0.1, 0.15) is 34.9 Å². The number of aromatic nitrogens is 2. The number of alkyl halides is 4. The molecule has 7 heterocycles. The van der Waals surface area contributed by atoms with E-state index in [2.05, 4.69) is 28.3 Å². The average molecular weight is 1170 g/mol. The molecule has 5 atom stereocenters. The summed E-state index contributed by atoms with van der Waals surface area (Å²) in [4.78, 5) is 66.9. The smallest absolute Gasteiger partial charge is 0.410 e. The fourth-order valence-corrected chi connectivity index (χ4v) is 11.9. The number of benzene rings is 2. The Morgan fingerprint density at radius 2 is 1.67 bits per heavy atom. The molecule has 440 valence electrons. The van der Waals surface area contributed by atoms with Crippen molar-refractivity contribution in [2.75, 3.05) is 62.5 Å². The van der Waals surface area contributed by atoms with Gasteiger partial charge in [0.15, 0.2) is 11.9 Å². The van der Waals surface area contributed by atoms with Crippen LogP contribution in [0.15, 0.2) is 83.0 Å². The predicted molar refractivity (Wildman–Crippen MR) is 311 cm³/mol. The molecule has 0 bridgehead atoms. The van der Waals surface area contributed by atoms with Gasteiger partial charge in [-0.3, -0.25) is 14.4 Å². The van der Waals surface area contributed by atoms with Crippen LogP contribution in [0.2, 0.25) is 0 Å². The van der Waals surface area contributed by atoms with Crippen molar-refractivity contribution < 1.29 is 48.0 Å². The summed E-state index contributed by atoms with van der Waals surface area (Å²) >= 11 is 11.6. The number of nitrogens with two attached hydrogens (primary N) is 2. The van der Waals surface area contributed by atoms with E-state index < -0.39 is 42.6 Å². The first-order chi connectivity index (χ1) is 38.3. The number of pyridine rings is 2. The summed E-state index contributed by atoms with van der Waals surface area (Å²) in [7, 11) is 0. The highest BCUT2D eigenvalue weighted by molar-refractivity contribution is 6.18. The quantitative estimate of drug-likeness (QED) is 0.0705. The van der Waals surface area contributed by atoms with E-state index >= 15 is 0 Å². The molecule has 1 unspecified atom stereocenters. The lowest BCUT2D eigenvalue weighted by atomic mass is 9.77. The summed E-state index contributed by atoms with van der Waals surface area (Å²) in [5.74, 6) is -2.05. The molecule has 4 aromatic rings. The first-order valence-electron chi connectivity index (χ1n) is 27.5. The number of rotatable bonds is 14. The molecular weight excluding hydrogens is 1090 g/mol. The SMILES string of the molecule is C.C=C1N=C(N)C=CN1[C@@H]1O[C@H](CO)C(O)C1(F)F.CC(=O)[C@@H](N)Cc1ccc(N(CCCl)CCCl)cc1.CCc1c2c(nc3ccc(OC(=O)N4CCC(N5CCCCC5)CC4)cc13)-c1cc3c(c(=O)n1C2)CCC(=O)[C@@]3(O)CC. The van der Waals surface area contributed by atoms with Crippen LogP contribution in [-0.2, 0) is 45.7 Å². The predicted octanol–water partition coefficient (Wildman–Crippen LogP) is 6.97. The van der Waals surface area contributed by atoms with Crippen LogP contribution in [-0.4, -0.2) is 157 Å². The first-order valence-corrected chi connectivity index (χ1v) is 28.6. The molecule has 3 saturated heterocycles. The number of aliphatic imine (C=N–C) groups is 1. The highest BCUT2D eigenvalue weighted by Crippen LogP contribution is 2.42. The number of halogens is 4. The number of amidine groups is 1. The van der Waals surface area contributed by atoms with Crippen molar-refractivity contribution in [1.29, 1.82) is 0 Å². The van der Waals surface area contributed by atoms with Gasteiger partial charge in [-0.2, -0.15) is 8.78 Å². The molecule has 10 rings (SSSR count). The molecule has 6 aliphatic rings. The van der Waals surface area contributed by atoms with E-state index in [1.165, 1.54) is 51.6 Å². The zero-order valence-electron chi connectivity index (χ0n) is 45.6.